The first-order chi connectivity index (χ1) is 11.0. The normalized spacial score (nSPS) is 11.1. The molecule has 0 heterocycles. The zero-order valence-electron chi connectivity index (χ0n) is 14.1. The smallest absolute Gasteiger partial charge is 1.00 e. The number of amides is 1. The van der Waals surface area contributed by atoms with Crippen LogP contribution in [0.2, 0.25) is 0 Å². The van der Waals surface area contributed by atoms with E-state index in [2.05, 4.69) is 0 Å². The Morgan fingerprint density at radius 2 is 1.58 bits per heavy atom. The average molecular weight is 340 g/mol. The molecule has 2 aromatic carbocycles. The van der Waals surface area contributed by atoms with Gasteiger partial charge in [-0.1, -0.05) is 12.1 Å². The van der Waals surface area contributed by atoms with Crippen LogP contribution < -0.4 is 45.5 Å². The Morgan fingerprint density at radius 1 is 1.08 bits per heavy atom. The largest absolute Gasteiger partial charge is 1.00 e. The van der Waals surface area contributed by atoms with Gasteiger partial charge in [-0.2, -0.15) is 0 Å². The number of benzene rings is 2. The van der Waals surface area contributed by atoms with Crippen molar-refractivity contribution in [1.82, 2.24) is 5.48 Å². The topological polar surface area (TPSA) is 122 Å². The summed E-state index contributed by atoms with van der Waals surface area (Å²) in [6, 6.07) is 12.2. The van der Waals surface area contributed by atoms with Crippen LogP contribution in [0.25, 0.3) is 0 Å². The van der Waals surface area contributed by atoms with Crippen LogP contribution in [0.3, 0.4) is 0 Å². The predicted molar refractivity (Wildman–Crippen MR) is 82.6 cm³/mol. The molecule has 0 bridgehead atoms. The summed E-state index contributed by atoms with van der Waals surface area (Å²) >= 11 is 0. The number of ether oxygens (including phenoxy) is 1. The van der Waals surface area contributed by atoms with E-state index in [1.54, 1.807) is 41.9 Å². The number of aliphatic carboxylic acids is 1. The molecule has 2 aromatic rings. The van der Waals surface area contributed by atoms with E-state index < -0.39 is 17.9 Å². The summed E-state index contributed by atoms with van der Waals surface area (Å²) in [6.45, 7) is 0. The number of carboxylic acid groups (broad SMARTS) is 1. The van der Waals surface area contributed by atoms with Gasteiger partial charge in [-0.3, -0.25) is 14.8 Å². The average Bonchev–Trinajstić information content (AvgIpc) is 2.56. The molecule has 24 heavy (non-hydrogen) atoms. The summed E-state index contributed by atoms with van der Waals surface area (Å²) in [5.74, 6) is -0.556. The molecule has 0 fully saturated rings. The maximum Gasteiger partial charge on any atom is 1.00 e. The van der Waals surface area contributed by atoms with Crippen molar-refractivity contribution >= 4 is 11.9 Å². The minimum Gasteiger partial charge on any atom is -1.00 e. The maximum absolute atomic E-state index is 11.2. The molecule has 0 aliphatic rings. The zero-order chi connectivity index (χ0) is 16.8. The van der Waals surface area contributed by atoms with Gasteiger partial charge >= 0.3 is 35.5 Å². The molecule has 0 aliphatic heterocycles. The quantitative estimate of drug-likeness (QED) is 0.294. The first-order valence-corrected chi connectivity index (χ1v) is 6.79. The van der Waals surface area contributed by atoms with Gasteiger partial charge in [-0.15, -0.1) is 0 Å². The van der Waals surface area contributed by atoms with Gasteiger partial charge in [0.25, 0.3) is 5.91 Å². The van der Waals surface area contributed by atoms with E-state index in [4.69, 9.17) is 20.8 Å². The maximum atomic E-state index is 11.2. The van der Waals surface area contributed by atoms with Gasteiger partial charge in [0.05, 0.1) is 0 Å². The van der Waals surface area contributed by atoms with Crippen molar-refractivity contribution in [1.29, 1.82) is 0 Å². The molecule has 1 atom stereocenters. The Labute approximate surface area is 162 Å². The third-order valence-corrected chi connectivity index (χ3v) is 3.15. The Balaban J connectivity index is 0.00000288. The Kier molecular flexibility index (Phi) is 7.90. The molecular weight excluding hydrogens is 323 g/mol. The Hall–Kier alpha value is -1.90. The number of nitrogens with two attached hydrogens (primary N) is 1. The predicted octanol–water partition coefficient (Wildman–Crippen LogP) is -1.33. The van der Waals surface area contributed by atoms with Crippen molar-refractivity contribution in [2.45, 2.75) is 12.5 Å². The number of carbonyl (C=O) groups excluding carboxylic acids is 1. The van der Waals surface area contributed by atoms with Crippen molar-refractivity contribution in [3.05, 3.63) is 59.7 Å². The van der Waals surface area contributed by atoms with Crippen LogP contribution in [0.15, 0.2) is 48.5 Å². The van der Waals surface area contributed by atoms with Gasteiger partial charge < -0.3 is 17.0 Å². The number of hydroxylamine groups is 1. The van der Waals surface area contributed by atoms with E-state index in [9.17, 15) is 9.59 Å². The van der Waals surface area contributed by atoms with Gasteiger partial charge in [-0.25, -0.2) is 5.48 Å². The van der Waals surface area contributed by atoms with Crippen molar-refractivity contribution in [3.63, 3.8) is 0 Å². The summed E-state index contributed by atoms with van der Waals surface area (Å²) in [4.78, 5) is 21.9. The molecule has 0 saturated carbocycles. The van der Waals surface area contributed by atoms with Crippen LogP contribution in [0, 0.1) is 0 Å². The van der Waals surface area contributed by atoms with Crippen LogP contribution in [0.1, 0.15) is 17.3 Å². The monoisotopic (exact) mass is 340 g/mol. The second kappa shape index (κ2) is 9.41. The van der Waals surface area contributed by atoms with Crippen LogP contribution in [0.4, 0.5) is 0 Å². The van der Waals surface area contributed by atoms with Crippen LogP contribution in [-0.2, 0) is 11.2 Å². The SMILES string of the molecule is NC(Cc1ccc(Oc2ccc(C(=O)NO)cc2)cc1)C(=O)O.[H-].[Na+]. The van der Waals surface area contributed by atoms with E-state index in [1.165, 1.54) is 12.1 Å². The summed E-state index contributed by atoms with van der Waals surface area (Å²) in [7, 11) is 0. The molecule has 0 aliphatic carbocycles. The van der Waals surface area contributed by atoms with E-state index in [0.717, 1.165) is 5.56 Å². The summed E-state index contributed by atoms with van der Waals surface area (Å²) < 4.78 is 5.61. The number of nitrogens with one attached hydrogen (secondary N) is 1. The molecule has 1 unspecified atom stereocenters. The minimum atomic E-state index is -1.04. The van der Waals surface area contributed by atoms with Gasteiger partial charge in [0.15, 0.2) is 0 Å². The Bertz CT molecular complexity index is 695. The summed E-state index contributed by atoms with van der Waals surface area (Å²) in [5, 5.41) is 17.3. The molecule has 0 saturated heterocycles. The fourth-order valence-electron chi connectivity index (χ4n) is 1.91. The minimum absolute atomic E-state index is 0. The molecule has 7 nitrogen and oxygen atoms in total. The van der Waals surface area contributed by atoms with Gasteiger partial charge in [0.2, 0.25) is 0 Å². The van der Waals surface area contributed by atoms with E-state index in [-0.39, 0.29) is 37.4 Å². The van der Waals surface area contributed by atoms with Crippen molar-refractivity contribution in [3.8, 4) is 11.5 Å². The molecule has 8 heteroatoms. The number of hydrogen-bond donors (Lipinski definition) is 4. The number of carbonyl (C=O) groups is 2. The fraction of sp³-hybridized carbons (Fsp3) is 0.125. The second-order valence-corrected chi connectivity index (χ2v) is 4.86. The third kappa shape index (κ3) is 5.63. The van der Waals surface area contributed by atoms with Crippen molar-refractivity contribution in [2.24, 2.45) is 5.73 Å². The molecule has 122 valence electrons. The first-order valence-electron chi connectivity index (χ1n) is 6.79. The van der Waals surface area contributed by atoms with E-state index >= 15 is 0 Å². The molecule has 0 spiro atoms. The van der Waals surface area contributed by atoms with Gasteiger partial charge in [0.1, 0.15) is 17.5 Å². The van der Waals surface area contributed by atoms with Crippen LogP contribution >= 0.6 is 0 Å². The molecule has 1 amide bonds. The van der Waals surface area contributed by atoms with Crippen molar-refractivity contribution in [2.75, 3.05) is 0 Å². The molecule has 0 aromatic heterocycles. The fourth-order valence-corrected chi connectivity index (χ4v) is 1.91. The molecule has 2 rings (SSSR count). The standard InChI is InChI=1S/C16H16N2O5.Na.H/c17-14(16(20)21)9-10-1-5-12(6-2-10)23-13-7-3-11(4-8-13)15(19)18-22;;/h1-8,14,22H,9,17H2,(H,18,19)(H,20,21);;/q;+1;-1. The second-order valence-electron chi connectivity index (χ2n) is 4.86. The van der Waals surface area contributed by atoms with E-state index in [1.807, 2.05) is 0 Å². The third-order valence-electron chi connectivity index (χ3n) is 3.15. The molecular formula is C16H17N2NaO5. The number of rotatable bonds is 6. The van der Waals surface area contributed by atoms with Crippen molar-refractivity contribution < 1.29 is 55.6 Å². The number of hydrogen-bond acceptors (Lipinski definition) is 5. The first kappa shape index (κ1) is 20.1. The molecule has 5 N–H and O–H groups in total. The number of carboxylic acids is 1. The summed E-state index contributed by atoms with van der Waals surface area (Å²) in [5.41, 5.74) is 8.12. The van der Waals surface area contributed by atoms with Crippen LogP contribution in [0.5, 0.6) is 11.5 Å². The molecule has 0 radical (unpaired) electrons. The van der Waals surface area contributed by atoms with E-state index in [0.29, 0.717) is 17.1 Å². The van der Waals surface area contributed by atoms with Gasteiger partial charge in [0, 0.05) is 5.56 Å². The zero-order valence-corrected chi connectivity index (χ0v) is 15.1. The van der Waals surface area contributed by atoms with Crippen LogP contribution in [-0.4, -0.2) is 28.2 Å². The van der Waals surface area contributed by atoms with Gasteiger partial charge in [-0.05, 0) is 48.4 Å². The Morgan fingerprint density at radius 3 is 2.04 bits per heavy atom. The summed E-state index contributed by atoms with van der Waals surface area (Å²) in [6.07, 6.45) is 0.237.